The molecule has 8 aromatic carbocycles. The van der Waals surface area contributed by atoms with Crippen molar-refractivity contribution < 1.29 is 4.42 Å². The molecule has 6 nitrogen and oxygen atoms in total. The Kier molecular flexibility index (Phi) is 6.83. The van der Waals surface area contributed by atoms with Crippen LogP contribution in [0.15, 0.2) is 192 Å². The number of benzene rings is 8. The highest BCUT2D eigenvalue weighted by molar-refractivity contribution is 6.12. The van der Waals surface area contributed by atoms with Crippen molar-refractivity contribution in [3.63, 3.8) is 0 Å². The second-order valence-corrected chi connectivity index (χ2v) is 14.4. The first-order valence-corrected chi connectivity index (χ1v) is 19.1. The van der Waals surface area contributed by atoms with E-state index in [9.17, 15) is 0 Å². The van der Waals surface area contributed by atoms with Gasteiger partial charge in [0.05, 0.1) is 27.6 Å². The summed E-state index contributed by atoms with van der Waals surface area (Å²) in [5, 5.41) is 6.56. The summed E-state index contributed by atoms with van der Waals surface area (Å²) in [4.78, 5) is 16.2. The van der Waals surface area contributed by atoms with Gasteiger partial charge >= 0.3 is 0 Å². The van der Waals surface area contributed by atoms with Gasteiger partial charge in [-0.2, -0.15) is 15.0 Å². The van der Waals surface area contributed by atoms with Crippen LogP contribution in [0.3, 0.4) is 0 Å². The first kappa shape index (κ1) is 31.5. The van der Waals surface area contributed by atoms with E-state index in [0.29, 0.717) is 17.7 Å². The highest BCUT2D eigenvalue weighted by Crippen LogP contribution is 2.39. The minimum atomic E-state index is 0.514. The molecule has 0 unspecified atom stereocenters. The molecule has 0 aliphatic rings. The smallest absolute Gasteiger partial charge is 0.240 e. The molecule has 0 aliphatic heterocycles. The highest BCUT2D eigenvalue weighted by Gasteiger charge is 2.23. The zero-order chi connectivity index (χ0) is 37.5. The fourth-order valence-electron chi connectivity index (χ4n) is 8.59. The fraction of sp³-hybridized carbons (Fsp3) is 0. The number of para-hydroxylation sites is 4. The van der Waals surface area contributed by atoms with Crippen LogP contribution in [0.4, 0.5) is 0 Å². The number of hydrogen-bond acceptors (Lipinski definition) is 4. The summed E-state index contributed by atoms with van der Waals surface area (Å²) in [5.74, 6) is 1.56. The molecule has 0 fully saturated rings. The molecule has 0 saturated carbocycles. The van der Waals surface area contributed by atoms with E-state index in [4.69, 9.17) is 19.4 Å². The largest absolute Gasteiger partial charge is 0.455 e. The molecule has 0 spiro atoms. The maximum Gasteiger partial charge on any atom is 0.240 e. The Morgan fingerprint density at radius 1 is 0.333 bits per heavy atom. The molecule has 0 bridgehead atoms. The van der Waals surface area contributed by atoms with Crippen LogP contribution in [0.2, 0.25) is 0 Å². The second kappa shape index (κ2) is 12.3. The average molecular weight is 730 g/mol. The molecule has 0 saturated heterocycles. The topological polar surface area (TPSA) is 61.7 Å². The van der Waals surface area contributed by atoms with Crippen molar-refractivity contribution in [1.29, 1.82) is 0 Å². The summed E-state index contributed by atoms with van der Waals surface area (Å²) in [6.45, 7) is 0. The first-order chi connectivity index (χ1) is 28.3. The van der Waals surface area contributed by atoms with Gasteiger partial charge in [-0.05, 0) is 58.7 Å². The van der Waals surface area contributed by atoms with Gasteiger partial charge in [0.15, 0.2) is 5.82 Å². The van der Waals surface area contributed by atoms with Gasteiger partial charge in [-0.15, -0.1) is 0 Å². The standard InChI is InChI=1S/C51H31N5O/c1-3-14-32(15-4-1)34-26-28-38-39-29-27-35(33-16-5-2-6-17-33)31-46(39)56(45(38)30-34)51-53-49(42-22-13-21-41-40-20-9-12-25-47(40)57-48(41)42)52-50(54-51)55-43-23-10-7-18-36(43)37-19-8-11-24-44(37)55/h1-31H. The van der Waals surface area contributed by atoms with E-state index >= 15 is 0 Å². The van der Waals surface area contributed by atoms with Crippen molar-refractivity contribution in [2.24, 2.45) is 0 Å². The van der Waals surface area contributed by atoms with Crippen LogP contribution < -0.4 is 0 Å². The number of hydrogen-bond donors (Lipinski definition) is 0. The van der Waals surface area contributed by atoms with E-state index < -0.39 is 0 Å². The molecule has 0 aliphatic carbocycles. The zero-order valence-electron chi connectivity index (χ0n) is 30.5. The minimum Gasteiger partial charge on any atom is -0.455 e. The van der Waals surface area contributed by atoms with Crippen LogP contribution in [0.5, 0.6) is 0 Å². The predicted molar refractivity (Wildman–Crippen MR) is 232 cm³/mol. The van der Waals surface area contributed by atoms with Gasteiger partial charge in [0.25, 0.3) is 0 Å². The van der Waals surface area contributed by atoms with Gasteiger partial charge < -0.3 is 4.42 Å². The number of rotatable bonds is 5. The molecular formula is C51H31N5O. The third-order valence-electron chi connectivity index (χ3n) is 11.2. The lowest BCUT2D eigenvalue weighted by atomic mass is 10.0. The van der Waals surface area contributed by atoms with Gasteiger partial charge in [-0.1, -0.05) is 152 Å². The van der Waals surface area contributed by atoms with Gasteiger partial charge in [-0.25, -0.2) is 0 Å². The quantitative estimate of drug-likeness (QED) is 0.177. The lowest BCUT2D eigenvalue weighted by Gasteiger charge is -2.13. The second-order valence-electron chi connectivity index (χ2n) is 14.4. The number of aromatic nitrogens is 5. The van der Waals surface area contributed by atoms with Crippen LogP contribution in [0.1, 0.15) is 0 Å². The number of furan rings is 1. The molecule has 0 radical (unpaired) electrons. The first-order valence-electron chi connectivity index (χ1n) is 19.1. The minimum absolute atomic E-state index is 0.514. The van der Waals surface area contributed by atoms with Crippen molar-refractivity contribution in [1.82, 2.24) is 24.1 Å². The summed E-state index contributed by atoms with van der Waals surface area (Å²) in [5.41, 5.74) is 10.9. The number of fused-ring (bicyclic) bond motifs is 9. The van der Waals surface area contributed by atoms with Crippen LogP contribution in [-0.2, 0) is 0 Å². The molecule has 0 atom stereocenters. The molecule has 266 valence electrons. The monoisotopic (exact) mass is 729 g/mol. The lowest BCUT2D eigenvalue weighted by molar-refractivity contribution is 0.669. The van der Waals surface area contributed by atoms with Crippen LogP contribution in [0.25, 0.3) is 111 Å². The maximum absolute atomic E-state index is 6.60. The average Bonchev–Trinajstić information content (AvgIpc) is 3.94. The van der Waals surface area contributed by atoms with E-state index in [1.807, 2.05) is 24.3 Å². The normalized spacial score (nSPS) is 11.9. The Morgan fingerprint density at radius 3 is 1.40 bits per heavy atom. The fourth-order valence-corrected chi connectivity index (χ4v) is 8.59. The third kappa shape index (κ3) is 4.87. The third-order valence-corrected chi connectivity index (χ3v) is 11.2. The lowest BCUT2D eigenvalue weighted by Crippen LogP contribution is -2.10. The Hall–Kier alpha value is -7.83. The molecule has 4 heterocycles. The van der Waals surface area contributed by atoms with E-state index in [1.165, 1.54) is 0 Å². The summed E-state index contributed by atoms with van der Waals surface area (Å²) in [6.07, 6.45) is 0. The van der Waals surface area contributed by atoms with Crippen LogP contribution >= 0.6 is 0 Å². The molecule has 0 amide bonds. The van der Waals surface area contributed by atoms with Gasteiger partial charge in [0.1, 0.15) is 11.2 Å². The molecule has 0 N–H and O–H groups in total. The molecule has 12 aromatic rings. The highest BCUT2D eigenvalue weighted by atomic mass is 16.3. The summed E-state index contributed by atoms with van der Waals surface area (Å²) >= 11 is 0. The Morgan fingerprint density at radius 2 is 0.807 bits per heavy atom. The van der Waals surface area contributed by atoms with Crippen molar-refractivity contribution >= 4 is 65.6 Å². The molecule has 4 aromatic heterocycles. The van der Waals surface area contributed by atoms with Crippen molar-refractivity contribution in [3.05, 3.63) is 188 Å². The van der Waals surface area contributed by atoms with Crippen molar-refractivity contribution in [2.45, 2.75) is 0 Å². The summed E-state index contributed by atoms with van der Waals surface area (Å²) in [6, 6.07) is 65.7. The van der Waals surface area contributed by atoms with Gasteiger partial charge in [0, 0.05) is 32.3 Å². The zero-order valence-corrected chi connectivity index (χ0v) is 30.5. The Bertz CT molecular complexity index is 3370. The Balaban J connectivity index is 1.21. The van der Waals surface area contributed by atoms with E-state index in [2.05, 4.69) is 173 Å². The van der Waals surface area contributed by atoms with E-state index in [-0.39, 0.29) is 0 Å². The van der Waals surface area contributed by atoms with Gasteiger partial charge in [-0.3, -0.25) is 9.13 Å². The van der Waals surface area contributed by atoms with Crippen LogP contribution in [-0.4, -0.2) is 24.1 Å². The summed E-state index contributed by atoms with van der Waals surface area (Å²) < 4.78 is 11.0. The van der Waals surface area contributed by atoms with Crippen molar-refractivity contribution in [3.8, 4) is 45.5 Å². The SMILES string of the molecule is c1ccc(-c2ccc3c4ccc(-c5ccccc5)cc4n(-c4nc(-c5cccc6c5oc5ccccc56)nc(-n5c6ccccc6c6ccccc65)n4)c3c2)cc1. The van der Waals surface area contributed by atoms with E-state index in [0.717, 1.165) is 93.4 Å². The molecular weight excluding hydrogens is 699 g/mol. The Labute approximate surface area is 326 Å². The molecule has 12 rings (SSSR count). The molecule has 6 heteroatoms. The summed E-state index contributed by atoms with van der Waals surface area (Å²) in [7, 11) is 0. The van der Waals surface area contributed by atoms with Gasteiger partial charge in [0.2, 0.25) is 11.9 Å². The van der Waals surface area contributed by atoms with E-state index in [1.54, 1.807) is 0 Å². The maximum atomic E-state index is 6.60. The predicted octanol–water partition coefficient (Wildman–Crippen LogP) is 13.0. The van der Waals surface area contributed by atoms with Crippen molar-refractivity contribution in [2.75, 3.05) is 0 Å². The van der Waals surface area contributed by atoms with Crippen LogP contribution in [0, 0.1) is 0 Å². The number of nitrogens with zero attached hydrogens (tertiary/aromatic N) is 5. The molecule has 57 heavy (non-hydrogen) atoms.